The molecule has 2 aromatic carbocycles. The second kappa shape index (κ2) is 7.56. The molecule has 1 fully saturated rings. The van der Waals surface area contributed by atoms with Crippen molar-refractivity contribution < 1.29 is 13.9 Å². The van der Waals surface area contributed by atoms with E-state index in [9.17, 15) is 9.18 Å². The Morgan fingerprint density at radius 3 is 2.80 bits per heavy atom. The summed E-state index contributed by atoms with van der Waals surface area (Å²) in [5.74, 6) is -0.124. The van der Waals surface area contributed by atoms with Crippen LogP contribution in [0.4, 0.5) is 10.1 Å². The van der Waals surface area contributed by atoms with Crippen molar-refractivity contribution >= 4 is 57.6 Å². The van der Waals surface area contributed by atoms with Crippen molar-refractivity contribution in [3.8, 4) is 5.75 Å². The number of rotatable bonds is 4. The lowest BCUT2D eigenvalue weighted by atomic mass is 10.2. The maximum absolute atomic E-state index is 13.4. The minimum atomic E-state index is -0.544. The van der Waals surface area contributed by atoms with Crippen LogP contribution in [0.3, 0.4) is 0 Å². The molecule has 2 aromatic rings. The number of benzene rings is 2. The minimum Gasteiger partial charge on any atom is -0.493 e. The van der Waals surface area contributed by atoms with Gasteiger partial charge in [-0.15, -0.1) is 0 Å². The van der Waals surface area contributed by atoms with Crippen molar-refractivity contribution in [2.45, 2.75) is 6.92 Å². The molecule has 3 nitrogen and oxygen atoms in total. The van der Waals surface area contributed by atoms with Crippen LogP contribution in [0.15, 0.2) is 47.4 Å². The number of thioether (sulfide) groups is 1. The van der Waals surface area contributed by atoms with Crippen molar-refractivity contribution in [1.29, 1.82) is 0 Å². The average molecular weight is 394 g/mol. The van der Waals surface area contributed by atoms with E-state index in [2.05, 4.69) is 0 Å². The van der Waals surface area contributed by atoms with Crippen LogP contribution < -0.4 is 9.64 Å². The third-order valence-electron chi connectivity index (χ3n) is 3.46. The molecule has 1 aliphatic heterocycles. The largest absolute Gasteiger partial charge is 0.493 e. The van der Waals surface area contributed by atoms with Gasteiger partial charge in [-0.1, -0.05) is 53.8 Å². The van der Waals surface area contributed by atoms with Crippen LogP contribution in [0, 0.1) is 5.82 Å². The normalized spacial score (nSPS) is 16.0. The van der Waals surface area contributed by atoms with Crippen molar-refractivity contribution in [3.63, 3.8) is 0 Å². The molecule has 128 valence electrons. The number of carbonyl (C=O) groups excluding carboxylic acids is 1. The van der Waals surface area contributed by atoms with Gasteiger partial charge in [-0.2, -0.15) is 0 Å². The summed E-state index contributed by atoms with van der Waals surface area (Å²) in [5, 5.41) is -0.0581. The van der Waals surface area contributed by atoms with Crippen molar-refractivity contribution in [1.82, 2.24) is 0 Å². The predicted octanol–water partition coefficient (Wildman–Crippen LogP) is 5.28. The molecule has 7 heteroatoms. The van der Waals surface area contributed by atoms with Gasteiger partial charge in [0.1, 0.15) is 11.6 Å². The minimum absolute atomic E-state index is 0.0581. The van der Waals surface area contributed by atoms with Crippen LogP contribution in [-0.4, -0.2) is 16.8 Å². The van der Waals surface area contributed by atoms with E-state index < -0.39 is 5.82 Å². The summed E-state index contributed by atoms with van der Waals surface area (Å²) < 4.78 is 19.3. The van der Waals surface area contributed by atoms with Gasteiger partial charge in [0.2, 0.25) is 0 Å². The first-order valence-electron chi connectivity index (χ1n) is 7.46. The van der Waals surface area contributed by atoms with Gasteiger partial charge in [0, 0.05) is 5.56 Å². The molecule has 0 aromatic heterocycles. The molecule has 0 atom stereocenters. The summed E-state index contributed by atoms with van der Waals surface area (Å²) in [4.78, 5) is 14.6. The highest BCUT2D eigenvalue weighted by atomic mass is 35.5. The number of nitrogens with zero attached hydrogens (tertiary/aromatic N) is 1. The summed E-state index contributed by atoms with van der Waals surface area (Å²) in [6.07, 6.45) is 1.75. The highest BCUT2D eigenvalue weighted by molar-refractivity contribution is 8.27. The standard InChI is InChI=1S/C18H13ClFNO2S2/c1-2-23-15-6-4-3-5-11(15)9-16-17(22)21(18(24)25-16)12-7-8-14(20)13(19)10-12/h3-10H,2H2,1H3. The van der Waals surface area contributed by atoms with Gasteiger partial charge in [0.25, 0.3) is 5.91 Å². The lowest BCUT2D eigenvalue weighted by Crippen LogP contribution is -2.27. The summed E-state index contributed by atoms with van der Waals surface area (Å²) >= 11 is 12.3. The van der Waals surface area contributed by atoms with Crippen molar-refractivity contribution in [3.05, 3.63) is 63.8 Å². The van der Waals surface area contributed by atoms with Gasteiger partial charge in [-0.25, -0.2) is 4.39 Å². The predicted molar refractivity (Wildman–Crippen MR) is 105 cm³/mol. The number of anilines is 1. The second-order valence-electron chi connectivity index (χ2n) is 5.09. The van der Waals surface area contributed by atoms with Crippen LogP contribution in [-0.2, 0) is 4.79 Å². The lowest BCUT2D eigenvalue weighted by Gasteiger charge is -2.14. The maximum Gasteiger partial charge on any atom is 0.270 e. The number of hydrogen-bond donors (Lipinski definition) is 0. The molecule has 0 aliphatic carbocycles. The van der Waals surface area contributed by atoms with Crippen molar-refractivity contribution in [2.75, 3.05) is 11.5 Å². The zero-order valence-corrected chi connectivity index (χ0v) is 15.6. The molecular formula is C18H13ClFNO2S2. The Morgan fingerprint density at radius 1 is 1.32 bits per heavy atom. The average Bonchev–Trinajstić information content (AvgIpc) is 2.86. The van der Waals surface area contributed by atoms with E-state index in [1.807, 2.05) is 31.2 Å². The van der Waals surface area contributed by atoms with E-state index in [1.165, 1.54) is 34.9 Å². The number of carbonyl (C=O) groups is 1. The molecule has 0 radical (unpaired) electrons. The smallest absolute Gasteiger partial charge is 0.270 e. The Bertz CT molecular complexity index is 885. The van der Waals surface area contributed by atoms with Gasteiger partial charge in [-0.05, 0) is 37.3 Å². The number of amides is 1. The summed E-state index contributed by atoms with van der Waals surface area (Å²) in [7, 11) is 0. The summed E-state index contributed by atoms with van der Waals surface area (Å²) in [6.45, 7) is 2.43. The summed E-state index contributed by atoms with van der Waals surface area (Å²) in [5.41, 5.74) is 1.23. The van der Waals surface area contributed by atoms with Crippen molar-refractivity contribution in [2.24, 2.45) is 0 Å². The number of halogens is 2. The first-order chi connectivity index (χ1) is 12.0. The molecule has 1 saturated heterocycles. The highest BCUT2D eigenvalue weighted by Gasteiger charge is 2.33. The zero-order valence-electron chi connectivity index (χ0n) is 13.2. The third kappa shape index (κ3) is 3.71. The van der Waals surface area contributed by atoms with E-state index in [4.69, 9.17) is 28.6 Å². The molecule has 25 heavy (non-hydrogen) atoms. The van der Waals surface area contributed by atoms with E-state index >= 15 is 0 Å². The fourth-order valence-electron chi connectivity index (χ4n) is 2.34. The monoisotopic (exact) mass is 393 g/mol. The van der Waals surface area contributed by atoms with Crippen LogP contribution >= 0.6 is 35.6 Å². The van der Waals surface area contributed by atoms with Gasteiger partial charge < -0.3 is 4.74 Å². The third-order valence-corrected chi connectivity index (χ3v) is 5.05. The molecule has 1 aliphatic rings. The number of thiocarbonyl (C=S) groups is 1. The number of ether oxygens (including phenoxy) is 1. The molecule has 1 amide bonds. The summed E-state index contributed by atoms with van der Waals surface area (Å²) in [6, 6.07) is 11.5. The first kappa shape index (κ1) is 17.9. The highest BCUT2D eigenvalue weighted by Crippen LogP contribution is 2.38. The first-order valence-corrected chi connectivity index (χ1v) is 9.06. The van der Waals surface area contributed by atoms with E-state index in [0.29, 0.717) is 27.3 Å². The number of para-hydroxylation sites is 1. The van der Waals surface area contributed by atoms with Crippen LogP contribution in [0.5, 0.6) is 5.75 Å². The van der Waals surface area contributed by atoms with E-state index in [0.717, 1.165) is 5.56 Å². The van der Waals surface area contributed by atoms with Crippen LogP contribution in [0.25, 0.3) is 6.08 Å². The topological polar surface area (TPSA) is 29.5 Å². The number of hydrogen-bond acceptors (Lipinski definition) is 4. The molecular weight excluding hydrogens is 381 g/mol. The molecule has 0 saturated carbocycles. The van der Waals surface area contributed by atoms with Gasteiger partial charge in [0.05, 0.1) is 22.2 Å². The van der Waals surface area contributed by atoms with E-state index in [-0.39, 0.29) is 10.9 Å². The van der Waals surface area contributed by atoms with Gasteiger partial charge in [0.15, 0.2) is 4.32 Å². The fourth-order valence-corrected chi connectivity index (χ4v) is 3.81. The van der Waals surface area contributed by atoms with Gasteiger partial charge >= 0.3 is 0 Å². The SMILES string of the molecule is CCOc1ccccc1C=C1SC(=S)N(c2ccc(F)c(Cl)c2)C1=O. The van der Waals surface area contributed by atoms with Crippen LogP contribution in [0.2, 0.25) is 5.02 Å². The molecule has 0 N–H and O–H groups in total. The fraction of sp³-hybridized carbons (Fsp3) is 0.111. The quantitative estimate of drug-likeness (QED) is 0.522. The Morgan fingerprint density at radius 2 is 2.08 bits per heavy atom. The Kier molecular flexibility index (Phi) is 5.42. The van der Waals surface area contributed by atoms with Crippen LogP contribution in [0.1, 0.15) is 12.5 Å². The van der Waals surface area contributed by atoms with E-state index in [1.54, 1.807) is 6.08 Å². The maximum atomic E-state index is 13.4. The molecule has 3 rings (SSSR count). The molecule has 0 spiro atoms. The molecule has 1 heterocycles. The molecule has 0 unspecified atom stereocenters. The molecule has 0 bridgehead atoms. The Labute approximate surface area is 159 Å². The lowest BCUT2D eigenvalue weighted by molar-refractivity contribution is -0.113. The zero-order chi connectivity index (χ0) is 18.0. The Hall–Kier alpha value is -1.89. The van der Waals surface area contributed by atoms with Gasteiger partial charge in [-0.3, -0.25) is 9.69 Å². The Balaban J connectivity index is 1.95. The second-order valence-corrected chi connectivity index (χ2v) is 7.17.